The van der Waals surface area contributed by atoms with E-state index in [1.165, 1.54) is 4.31 Å². The fourth-order valence-electron chi connectivity index (χ4n) is 4.77. The molecule has 1 amide bonds. The third kappa shape index (κ3) is 1.17. The van der Waals surface area contributed by atoms with Gasteiger partial charge in [0.05, 0.1) is 11.8 Å². The number of fused-ring (bicyclic) bond motifs is 1. The quantitative estimate of drug-likeness (QED) is 0.730. The zero-order valence-corrected chi connectivity index (χ0v) is 12.1. The standard InChI is InChI=1S/C13H21NO3S/c1-4-11(15)14-10-7-9-5-6-13(10,12(9,2)3)8-18(14,16)17/h9-10H,4-8H2,1-3H3/t9-,10+,13+/m1/s1. The summed E-state index contributed by atoms with van der Waals surface area (Å²) in [6.45, 7) is 6.13. The molecule has 2 bridgehead atoms. The molecule has 1 aliphatic heterocycles. The van der Waals surface area contributed by atoms with Gasteiger partial charge in [-0.3, -0.25) is 4.79 Å². The highest BCUT2D eigenvalue weighted by atomic mass is 32.2. The Labute approximate surface area is 109 Å². The van der Waals surface area contributed by atoms with Crippen molar-refractivity contribution in [2.45, 2.75) is 52.5 Å². The monoisotopic (exact) mass is 271 g/mol. The van der Waals surface area contributed by atoms with Crippen LogP contribution in [0.25, 0.3) is 0 Å². The van der Waals surface area contributed by atoms with Crippen molar-refractivity contribution in [2.24, 2.45) is 16.7 Å². The molecule has 1 heterocycles. The molecule has 3 fully saturated rings. The van der Waals surface area contributed by atoms with E-state index in [-0.39, 0.29) is 35.0 Å². The number of nitrogens with zero attached hydrogens (tertiary/aromatic N) is 1. The largest absolute Gasteiger partial charge is 0.274 e. The summed E-state index contributed by atoms with van der Waals surface area (Å²) in [7, 11) is -3.39. The van der Waals surface area contributed by atoms with E-state index in [9.17, 15) is 13.2 Å². The lowest BCUT2D eigenvalue weighted by Crippen LogP contribution is -2.43. The molecular formula is C13H21NO3S. The Balaban J connectivity index is 2.11. The van der Waals surface area contributed by atoms with Gasteiger partial charge in [-0.25, -0.2) is 12.7 Å². The Kier molecular flexibility index (Phi) is 2.28. The van der Waals surface area contributed by atoms with E-state index in [1.54, 1.807) is 6.92 Å². The zero-order chi connectivity index (χ0) is 13.3. The van der Waals surface area contributed by atoms with Crippen molar-refractivity contribution < 1.29 is 13.2 Å². The van der Waals surface area contributed by atoms with E-state index in [4.69, 9.17) is 0 Å². The predicted molar refractivity (Wildman–Crippen MR) is 68.3 cm³/mol. The zero-order valence-electron chi connectivity index (χ0n) is 11.3. The van der Waals surface area contributed by atoms with E-state index in [1.807, 2.05) is 0 Å². The second kappa shape index (κ2) is 3.30. The summed E-state index contributed by atoms with van der Waals surface area (Å²) < 4.78 is 25.9. The molecule has 3 aliphatic rings. The third-order valence-corrected chi connectivity index (χ3v) is 7.90. The fourth-order valence-corrected chi connectivity index (χ4v) is 7.39. The summed E-state index contributed by atoms with van der Waals surface area (Å²) in [5.74, 6) is 0.533. The van der Waals surface area contributed by atoms with Crippen molar-refractivity contribution >= 4 is 15.9 Å². The lowest BCUT2D eigenvalue weighted by Gasteiger charge is -2.37. The van der Waals surface area contributed by atoms with Crippen molar-refractivity contribution in [1.82, 2.24) is 4.31 Å². The molecule has 0 unspecified atom stereocenters. The van der Waals surface area contributed by atoms with Crippen molar-refractivity contribution in [3.05, 3.63) is 0 Å². The molecule has 5 heteroatoms. The Morgan fingerprint density at radius 1 is 1.39 bits per heavy atom. The van der Waals surface area contributed by atoms with Crippen LogP contribution in [0, 0.1) is 16.7 Å². The van der Waals surface area contributed by atoms with E-state index < -0.39 is 10.0 Å². The number of amides is 1. The molecule has 102 valence electrons. The number of carbonyl (C=O) groups excluding carboxylic acids is 1. The lowest BCUT2D eigenvalue weighted by atomic mass is 9.69. The summed E-state index contributed by atoms with van der Waals surface area (Å²) in [6.07, 6.45) is 3.23. The molecule has 0 aromatic heterocycles. The van der Waals surface area contributed by atoms with Gasteiger partial charge in [0, 0.05) is 11.8 Å². The second-order valence-corrected chi connectivity index (χ2v) is 8.51. The first-order chi connectivity index (χ1) is 8.26. The summed E-state index contributed by atoms with van der Waals surface area (Å²) >= 11 is 0. The van der Waals surface area contributed by atoms with Gasteiger partial charge in [0.25, 0.3) is 0 Å². The molecule has 2 saturated carbocycles. The van der Waals surface area contributed by atoms with Crippen LogP contribution >= 0.6 is 0 Å². The predicted octanol–water partition coefficient (Wildman–Crippen LogP) is 1.76. The molecule has 0 N–H and O–H groups in total. The molecule has 1 spiro atoms. The van der Waals surface area contributed by atoms with Crippen LogP contribution in [0.4, 0.5) is 0 Å². The van der Waals surface area contributed by atoms with Gasteiger partial charge in [-0.15, -0.1) is 0 Å². The Morgan fingerprint density at radius 3 is 2.61 bits per heavy atom. The first kappa shape index (κ1) is 12.5. The van der Waals surface area contributed by atoms with E-state index in [0.29, 0.717) is 5.92 Å². The fraction of sp³-hybridized carbons (Fsp3) is 0.923. The summed E-state index contributed by atoms with van der Waals surface area (Å²) in [6, 6.07) is -0.0660. The van der Waals surface area contributed by atoms with E-state index in [0.717, 1.165) is 19.3 Å². The molecule has 2 aliphatic carbocycles. The second-order valence-electron chi connectivity index (χ2n) is 6.66. The third-order valence-electron chi connectivity index (χ3n) is 5.96. The highest BCUT2D eigenvalue weighted by Gasteiger charge is 2.72. The first-order valence-corrected chi connectivity index (χ1v) is 8.42. The normalized spacial score (nSPS) is 43.2. The Morgan fingerprint density at radius 2 is 2.06 bits per heavy atom. The van der Waals surface area contributed by atoms with Crippen LogP contribution in [0.15, 0.2) is 0 Å². The SMILES string of the molecule is CCC(=O)N1[C@H]2C[C@H]3CC[C@@]2(CS1(=O)=O)C3(C)C. The first-order valence-electron chi connectivity index (χ1n) is 6.81. The highest BCUT2D eigenvalue weighted by Crippen LogP contribution is 2.69. The molecule has 3 rings (SSSR count). The summed E-state index contributed by atoms with van der Waals surface area (Å²) in [5.41, 5.74) is -0.130. The smallest absolute Gasteiger partial charge is 0.238 e. The Hall–Kier alpha value is -0.580. The van der Waals surface area contributed by atoms with Crippen LogP contribution < -0.4 is 0 Å². The molecule has 3 atom stereocenters. The number of rotatable bonds is 1. The molecule has 0 aromatic rings. The van der Waals surface area contributed by atoms with Crippen LogP contribution in [-0.2, 0) is 14.8 Å². The minimum atomic E-state index is -3.39. The van der Waals surface area contributed by atoms with Crippen LogP contribution in [0.3, 0.4) is 0 Å². The van der Waals surface area contributed by atoms with Crippen molar-refractivity contribution in [3.8, 4) is 0 Å². The Bertz CT molecular complexity index is 510. The van der Waals surface area contributed by atoms with Gasteiger partial charge >= 0.3 is 0 Å². The summed E-state index contributed by atoms with van der Waals surface area (Å²) in [5, 5.41) is 0. The minimum absolute atomic E-state index is 0.0491. The van der Waals surface area contributed by atoms with Crippen molar-refractivity contribution in [2.75, 3.05) is 5.75 Å². The van der Waals surface area contributed by atoms with Gasteiger partial charge in [0.2, 0.25) is 15.9 Å². The van der Waals surface area contributed by atoms with Gasteiger partial charge < -0.3 is 0 Å². The molecule has 1 saturated heterocycles. The average Bonchev–Trinajstić information content (AvgIpc) is 2.74. The maximum absolute atomic E-state index is 12.4. The van der Waals surface area contributed by atoms with E-state index >= 15 is 0 Å². The van der Waals surface area contributed by atoms with Gasteiger partial charge in [0.1, 0.15) is 0 Å². The van der Waals surface area contributed by atoms with Gasteiger partial charge in [-0.1, -0.05) is 20.8 Å². The lowest BCUT2D eigenvalue weighted by molar-refractivity contribution is -0.128. The molecule has 0 aromatic carbocycles. The van der Waals surface area contributed by atoms with Gasteiger partial charge in [-0.05, 0) is 30.6 Å². The maximum atomic E-state index is 12.4. The number of hydrogen-bond donors (Lipinski definition) is 0. The van der Waals surface area contributed by atoms with Crippen LogP contribution in [0.1, 0.15) is 46.5 Å². The van der Waals surface area contributed by atoms with Crippen molar-refractivity contribution in [3.63, 3.8) is 0 Å². The molecule has 0 radical (unpaired) electrons. The van der Waals surface area contributed by atoms with Gasteiger partial charge in [-0.2, -0.15) is 0 Å². The van der Waals surface area contributed by atoms with Crippen molar-refractivity contribution in [1.29, 1.82) is 0 Å². The average molecular weight is 271 g/mol. The molecule has 4 nitrogen and oxygen atoms in total. The van der Waals surface area contributed by atoms with E-state index in [2.05, 4.69) is 13.8 Å². The molecule has 18 heavy (non-hydrogen) atoms. The number of sulfonamides is 1. The van der Waals surface area contributed by atoms with Crippen LogP contribution in [0.5, 0.6) is 0 Å². The summed E-state index contributed by atoms with van der Waals surface area (Å²) in [4.78, 5) is 12.0. The molecular weight excluding hydrogens is 250 g/mol. The van der Waals surface area contributed by atoms with Crippen LogP contribution in [0.2, 0.25) is 0 Å². The number of carbonyl (C=O) groups is 1. The minimum Gasteiger partial charge on any atom is -0.274 e. The maximum Gasteiger partial charge on any atom is 0.238 e. The number of hydrogen-bond acceptors (Lipinski definition) is 3. The topological polar surface area (TPSA) is 54.5 Å². The van der Waals surface area contributed by atoms with Crippen LogP contribution in [-0.4, -0.2) is 30.4 Å². The highest BCUT2D eigenvalue weighted by molar-refractivity contribution is 7.90. The van der Waals surface area contributed by atoms with Gasteiger partial charge in [0.15, 0.2) is 0 Å².